The van der Waals surface area contributed by atoms with Crippen LogP contribution in [0.4, 0.5) is 0 Å². The van der Waals surface area contributed by atoms with Gasteiger partial charge in [0.05, 0.1) is 4.90 Å². The van der Waals surface area contributed by atoms with Gasteiger partial charge in [0.15, 0.2) is 15.6 Å². The van der Waals surface area contributed by atoms with Crippen LogP contribution in [0.2, 0.25) is 0 Å². The van der Waals surface area contributed by atoms with E-state index in [1.54, 1.807) is 12.1 Å². The van der Waals surface area contributed by atoms with Crippen LogP contribution in [0.5, 0.6) is 0 Å². The van der Waals surface area contributed by atoms with Crippen molar-refractivity contribution in [1.29, 1.82) is 0 Å². The van der Waals surface area contributed by atoms with E-state index < -0.39 is 9.84 Å². The van der Waals surface area contributed by atoms with E-state index in [1.165, 1.54) is 12.1 Å². The minimum atomic E-state index is -3.21. The molecule has 0 bridgehead atoms. The zero-order valence-corrected chi connectivity index (χ0v) is 13.3. The topological polar surface area (TPSA) is 66.5 Å². The van der Waals surface area contributed by atoms with Crippen LogP contribution in [-0.4, -0.2) is 58.1 Å². The van der Waals surface area contributed by atoms with Crippen LogP contribution in [0, 0.1) is 5.92 Å². The zero-order chi connectivity index (χ0) is 15.5. The van der Waals surface area contributed by atoms with Crippen molar-refractivity contribution in [2.45, 2.75) is 11.8 Å². The molecule has 0 spiro atoms. The number of nitrogens with zero attached hydrogens (tertiary/aromatic N) is 1. The first-order valence-corrected chi connectivity index (χ1v) is 9.04. The fraction of sp³-hybridized carbons (Fsp3) is 0.533. The molecule has 0 radical (unpaired) electrons. The average Bonchev–Trinajstić information content (AvgIpc) is 2.46. The second-order valence-corrected chi connectivity index (χ2v) is 7.63. The van der Waals surface area contributed by atoms with Crippen molar-refractivity contribution in [3.05, 3.63) is 29.8 Å². The van der Waals surface area contributed by atoms with Gasteiger partial charge in [-0.2, -0.15) is 0 Å². The lowest BCUT2D eigenvalue weighted by Gasteiger charge is -2.29. The quantitative estimate of drug-likeness (QED) is 0.816. The molecule has 1 N–H and O–H groups in total. The molecule has 2 rings (SSSR count). The molecule has 1 unspecified atom stereocenters. The summed E-state index contributed by atoms with van der Waals surface area (Å²) in [5.41, 5.74) is 0.574. The minimum Gasteiger partial charge on any atom is -0.314 e. The van der Waals surface area contributed by atoms with Crippen LogP contribution in [0.3, 0.4) is 0 Å². The van der Waals surface area contributed by atoms with E-state index in [0.29, 0.717) is 5.56 Å². The van der Waals surface area contributed by atoms with E-state index in [-0.39, 0.29) is 16.6 Å². The van der Waals surface area contributed by atoms with E-state index in [1.807, 2.05) is 6.92 Å². The fourth-order valence-corrected chi connectivity index (χ4v) is 3.15. The van der Waals surface area contributed by atoms with Gasteiger partial charge in [0, 0.05) is 50.5 Å². The van der Waals surface area contributed by atoms with Crippen LogP contribution in [0.25, 0.3) is 0 Å². The molecule has 0 saturated carbocycles. The van der Waals surface area contributed by atoms with E-state index >= 15 is 0 Å². The summed E-state index contributed by atoms with van der Waals surface area (Å²) in [6.45, 7) is 6.52. The van der Waals surface area contributed by atoms with Gasteiger partial charge in [-0.25, -0.2) is 8.42 Å². The molecule has 1 saturated heterocycles. The molecule has 1 aromatic carbocycles. The van der Waals surface area contributed by atoms with Crippen molar-refractivity contribution in [2.75, 3.05) is 39.0 Å². The van der Waals surface area contributed by atoms with Crippen LogP contribution >= 0.6 is 0 Å². The predicted molar refractivity (Wildman–Crippen MR) is 82.4 cm³/mol. The maximum absolute atomic E-state index is 12.4. The monoisotopic (exact) mass is 310 g/mol. The Balaban J connectivity index is 2.01. The molecule has 1 fully saturated rings. The van der Waals surface area contributed by atoms with Crippen molar-refractivity contribution < 1.29 is 13.2 Å². The Morgan fingerprint density at radius 3 is 2.33 bits per heavy atom. The molecule has 1 aliphatic rings. The molecule has 1 aromatic rings. The van der Waals surface area contributed by atoms with Gasteiger partial charge < -0.3 is 10.2 Å². The number of ketones is 1. The van der Waals surface area contributed by atoms with Crippen LogP contribution in [0.15, 0.2) is 29.2 Å². The Morgan fingerprint density at radius 1 is 1.24 bits per heavy atom. The minimum absolute atomic E-state index is 0.0635. The first kappa shape index (κ1) is 16.1. The van der Waals surface area contributed by atoms with Crippen molar-refractivity contribution in [2.24, 2.45) is 5.92 Å². The standard InChI is InChI=1S/C15H22N2O3S/c1-12(11-17-9-7-16-8-10-17)15(18)13-3-5-14(6-4-13)21(2,19)20/h3-6,12,16H,7-11H2,1-2H3. The molecule has 0 aliphatic carbocycles. The molecule has 1 heterocycles. The summed E-state index contributed by atoms with van der Waals surface area (Å²) in [7, 11) is -3.21. The Hall–Kier alpha value is -1.24. The third-order valence-corrected chi connectivity index (χ3v) is 4.88. The molecule has 5 nitrogen and oxygen atoms in total. The van der Waals surface area contributed by atoms with Crippen molar-refractivity contribution in [1.82, 2.24) is 10.2 Å². The molecule has 21 heavy (non-hydrogen) atoms. The van der Waals surface area contributed by atoms with E-state index in [2.05, 4.69) is 10.2 Å². The molecule has 0 amide bonds. The van der Waals surface area contributed by atoms with Gasteiger partial charge in [-0.15, -0.1) is 0 Å². The molecular formula is C15H22N2O3S. The Kier molecular flexibility index (Phi) is 5.13. The Morgan fingerprint density at radius 2 is 1.81 bits per heavy atom. The number of nitrogens with one attached hydrogen (secondary N) is 1. The predicted octanol–water partition coefficient (Wildman–Crippen LogP) is 0.814. The van der Waals surface area contributed by atoms with Crippen molar-refractivity contribution in [3.8, 4) is 0 Å². The first-order valence-electron chi connectivity index (χ1n) is 7.15. The van der Waals surface area contributed by atoms with Gasteiger partial charge in [-0.3, -0.25) is 4.79 Å². The lowest BCUT2D eigenvalue weighted by Crippen LogP contribution is -2.45. The molecule has 1 atom stereocenters. The summed E-state index contributed by atoms with van der Waals surface area (Å²) in [5, 5.41) is 3.29. The maximum Gasteiger partial charge on any atom is 0.175 e. The number of piperazine rings is 1. The molecule has 6 heteroatoms. The number of rotatable bonds is 5. The van der Waals surface area contributed by atoms with Crippen molar-refractivity contribution >= 4 is 15.6 Å². The third kappa shape index (κ3) is 4.36. The average molecular weight is 310 g/mol. The summed E-state index contributed by atoms with van der Waals surface area (Å²) in [5.74, 6) is -0.0271. The smallest absolute Gasteiger partial charge is 0.175 e. The first-order chi connectivity index (χ1) is 9.88. The Labute approximate surface area is 126 Å². The van der Waals surface area contributed by atoms with Gasteiger partial charge in [0.1, 0.15) is 0 Å². The van der Waals surface area contributed by atoms with E-state index in [4.69, 9.17) is 0 Å². The number of benzene rings is 1. The normalized spacial score (nSPS) is 18.4. The maximum atomic E-state index is 12.4. The lowest BCUT2D eigenvalue weighted by molar-refractivity contribution is 0.0887. The highest BCUT2D eigenvalue weighted by atomic mass is 32.2. The van der Waals surface area contributed by atoms with Gasteiger partial charge in [-0.05, 0) is 12.1 Å². The second-order valence-electron chi connectivity index (χ2n) is 5.61. The molecule has 0 aromatic heterocycles. The van der Waals surface area contributed by atoms with Crippen LogP contribution in [0.1, 0.15) is 17.3 Å². The summed E-state index contributed by atoms with van der Waals surface area (Å²) in [6, 6.07) is 6.21. The summed E-state index contributed by atoms with van der Waals surface area (Å²) in [6.07, 6.45) is 1.16. The fourth-order valence-electron chi connectivity index (χ4n) is 2.51. The number of carbonyl (C=O) groups is 1. The van der Waals surface area contributed by atoms with E-state index in [9.17, 15) is 13.2 Å². The highest BCUT2D eigenvalue weighted by molar-refractivity contribution is 7.90. The van der Waals surface area contributed by atoms with Gasteiger partial charge >= 0.3 is 0 Å². The van der Waals surface area contributed by atoms with Crippen LogP contribution < -0.4 is 5.32 Å². The summed E-state index contributed by atoms with van der Waals surface area (Å²) >= 11 is 0. The SMILES string of the molecule is CC(CN1CCNCC1)C(=O)c1ccc(S(C)(=O)=O)cc1. The number of Topliss-reactive ketones (excluding diaryl/α,β-unsaturated/α-hetero) is 1. The van der Waals surface area contributed by atoms with E-state index in [0.717, 1.165) is 39.0 Å². The number of hydrogen-bond donors (Lipinski definition) is 1. The molecule has 1 aliphatic heterocycles. The number of sulfone groups is 1. The largest absolute Gasteiger partial charge is 0.314 e. The second kappa shape index (κ2) is 6.68. The van der Waals surface area contributed by atoms with Gasteiger partial charge in [-0.1, -0.05) is 19.1 Å². The van der Waals surface area contributed by atoms with Gasteiger partial charge in [0.2, 0.25) is 0 Å². The highest BCUT2D eigenvalue weighted by Gasteiger charge is 2.20. The van der Waals surface area contributed by atoms with Crippen molar-refractivity contribution in [3.63, 3.8) is 0 Å². The van der Waals surface area contributed by atoms with Crippen LogP contribution in [-0.2, 0) is 9.84 Å². The molecule has 116 valence electrons. The Bertz CT molecular complexity index is 590. The molecular weight excluding hydrogens is 288 g/mol. The summed E-state index contributed by atoms with van der Waals surface area (Å²) < 4.78 is 22.8. The zero-order valence-electron chi connectivity index (χ0n) is 12.5. The third-order valence-electron chi connectivity index (χ3n) is 3.76. The van der Waals surface area contributed by atoms with Gasteiger partial charge in [0.25, 0.3) is 0 Å². The highest BCUT2D eigenvalue weighted by Crippen LogP contribution is 2.15. The lowest BCUT2D eigenvalue weighted by atomic mass is 9.98. The summed E-state index contributed by atoms with van der Waals surface area (Å²) in [4.78, 5) is 14.9. The number of carbonyl (C=O) groups excluding carboxylic acids is 1. The number of hydrogen-bond acceptors (Lipinski definition) is 5.